The number of nitrogens with two attached hydrogens (primary N) is 1. The van der Waals surface area contributed by atoms with Crippen LogP contribution in [0.1, 0.15) is 24.2 Å². The Kier molecular flexibility index (Phi) is 5.33. The lowest BCUT2D eigenvalue weighted by atomic mass is 10.0. The molecule has 0 heterocycles. The number of ether oxygens (including phenoxy) is 1. The number of hydrazine groups is 1. The van der Waals surface area contributed by atoms with E-state index < -0.39 is 6.10 Å². The van der Waals surface area contributed by atoms with Crippen molar-refractivity contribution in [2.75, 3.05) is 7.11 Å². The summed E-state index contributed by atoms with van der Waals surface area (Å²) in [7, 11) is 1.64. The Labute approximate surface area is 125 Å². The van der Waals surface area contributed by atoms with Crippen LogP contribution in [0.5, 0.6) is 5.75 Å². The van der Waals surface area contributed by atoms with Crippen LogP contribution in [0, 0.1) is 0 Å². The van der Waals surface area contributed by atoms with Gasteiger partial charge in [-0.25, -0.2) is 5.01 Å². The van der Waals surface area contributed by atoms with Crippen molar-refractivity contribution in [3.05, 3.63) is 65.7 Å². The molecule has 0 aliphatic carbocycles. The molecule has 3 N–H and O–H groups in total. The van der Waals surface area contributed by atoms with Gasteiger partial charge in [-0.15, -0.1) is 0 Å². The van der Waals surface area contributed by atoms with Gasteiger partial charge in [0.05, 0.1) is 19.3 Å². The fourth-order valence-electron chi connectivity index (χ4n) is 2.20. The second-order valence-electron chi connectivity index (χ2n) is 5.12. The molecular weight excluding hydrogens is 264 g/mol. The number of aliphatic hydroxyl groups excluding tert-OH is 1. The lowest BCUT2D eigenvalue weighted by molar-refractivity contribution is 0.0531. The van der Waals surface area contributed by atoms with Gasteiger partial charge in [-0.1, -0.05) is 42.5 Å². The van der Waals surface area contributed by atoms with Gasteiger partial charge in [-0.2, -0.15) is 0 Å². The second-order valence-corrected chi connectivity index (χ2v) is 5.12. The molecule has 0 saturated heterocycles. The summed E-state index contributed by atoms with van der Waals surface area (Å²) in [5.41, 5.74) is 1.94. The molecule has 0 fully saturated rings. The first-order chi connectivity index (χ1) is 10.1. The lowest BCUT2D eigenvalue weighted by Gasteiger charge is -2.28. The molecule has 1 unspecified atom stereocenters. The number of hydrogen-bond donors (Lipinski definition) is 2. The van der Waals surface area contributed by atoms with E-state index in [1.54, 1.807) is 12.1 Å². The highest BCUT2D eigenvalue weighted by atomic mass is 16.5. The number of hydrogen-bond acceptors (Lipinski definition) is 4. The number of aliphatic hydroxyl groups is 1. The lowest BCUT2D eigenvalue weighted by Crippen LogP contribution is -2.42. The monoisotopic (exact) mass is 286 g/mol. The number of methoxy groups -OCH3 is 1. The van der Waals surface area contributed by atoms with Crippen LogP contribution in [-0.4, -0.2) is 23.3 Å². The van der Waals surface area contributed by atoms with Crippen molar-refractivity contribution < 1.29 is 9.84 Å². The molecule has 0 aliphatic rings. The molecule has 2 aromatic carbocycles. The molecule has 2 aromatic rings. The minimum absolute atomic E-state index is 0.186. The van der Waals surface area contributed by atoms with Gasteiger partial charge in [0.1, 0.15) is 5.75 Å². The third-order valence-corrected chi connectivity index (χ3v) is 3.65. The first kappa shape index (κ1) is 15.5. The molecule has 4 heteroatoms. The van der Waals surface area contributed by atoms with E-state index in [2.05, 4.69) is 0 Å². The third-order valence-electron chi connectivity index (χ3n) is 3.65. The van der Waals surface area contributed by atoms with Crippen molar-refractivity contribution in [1.82, 2.24) is 5.01 Å². The van der Waals surface area contributed by atoms with E-state index >= 15 is 0 Å². The van der Waals surface area contributed by atoms with Crippen molar-refractivity contribution in [3.8, 4) is 5.75 Å². The summed E-state index contributed by atoms with van der Waals surface area (Å²) in [6.07, 6.45) is -0.616. The summed E-state index contributed by atoms with van der Waals surface area (Å²) < 4.78 is 5.13. The summed E-state index contributed by atoms with van der Waals surface area (Å²) in [5.74, 6) is 6.92. The predicted molar refractivity (Wildman–Crippen MR) is 83.6 cm³/mol. The molecule has 0 amide bonds. The van der Waals surface area contributed by atoms with Gasteiger partial charge in [0.15, 0.2) is 0 Å². The van der Waals surface area contributed by atoms with Gasteiger partial charge in [0.2, 0.25) is 0 Å². The Bertz CT molecular complexity index is 542. The summed E-state index contributed by atoms with van der Waals surface area (Å²) in [5, 5.41) is 12.0. The van der Waals surface area contributed by atoms with Crippen LogP contribution in [0.25, 0.3) is 0 Å². The van der Waals surface area contributed by atoms with Crippen molar-refractivity contribution in [2.24, 2.45) is 5.84 Å². The van der Waals surface area contributed by atoms with Crippen molar-refractivity contribution in [3.63, 3.8) is 0 Å². The van der Waals surface area contributed by atoms with E-state index in [1.165, 1.54) is 0 Å². The maximum atomic E-state index is 10.4. The maximum Gasteiger partial charge on any atom is 0.118 e. The Morgan fingerprint density at radius 3 is 2.29 bits per heavy atom. The van der Waals surface area contributed by atoms with Crippen molar-refractivity contribution in [2.45, 2.75) is 25.6 Å². The Morgan fingerprint density at radius 2 is 1.71 bits per heavy atom. The highest BCUT2D eigenvalue weighted by Gasteiger charge is 2.20. The zero-order valence-electron chi connectivity index (χ0n) is 12.4. The van der Waals surface area contributed by atoms with E-state index in [1.807, 2.05) is 61.5 Å². The molecule has 0 radical (unpaired) electrons. The van der Waals surface area contributed by atoms with Gasteiger partial charge < -0.3 is 9.84 Å². The summed E-state index contributed by atoms with van der Waals surface area (Å²) in [6.45, 7) is 2.48. The van der Waals surface area contributed by atoms with Crippen LogP contribution in [0.15, 0.2) is 54.6 Å². The van der Waals surface area contributed by atoms with Crippen molar-refractivity contribution in [1.29, 1.82) is 0 Å². The highest BCUT2D eigenvalue weighted by molar-refractivity contribution is 5.27. The van der Waals surface area contributed by atoms with E-state index in [-0.39, 0.29) is 6.04 Å². The van der Waals surface area contributed by atoms with E-state index in [0.29, 0.717) is 6.54 Å². The minimum atomic E-state index is -0.616. The molecular formula is C17H22N2O2. The summed E-state index contributed by atoms with van der Waals surface area (Å²) in [6, 6.07) is 17.1. The molecule has 2 atom stereocenters. The molecule has 112 valence electrons. The normalized spacial score (nSPS) is 14.0. The van der Waals surface area contributed by atoms with Crippen molar-refractivity contribution >= 4 is 0 Å². The standard InChI is InChI=1S/C17H22N2O2/c1-13(17(20)15-6-4-3-5-7-15)19(18)12-14-8-10-16(21-2)11-9-14/h3-11,13,17,20H,12,18H2,1-2H3/t13-,17?/m1/s1. The number of benzene rings is 2. The molecule has 0 bridgehead atoms. The number of rotatable bonds is 6. The van der Waals surface area contributed by atoms with E-state index in [9.17, 15) is 5.11 Å². The smallest absolute Gasteiger partial charge is 0.118 e. The summed E-state index contributed by atoms with van der Waals surface area (Å²) in [4.78, 5) is 0. The Hall–Kier alpha value is -1.88. The van der Waals surface area contributed by atoms with E-state index in [4.69, 9.17) is 10.6 Å². The SMILES string of the molecule is COc1ccc(CN(N)[C@H](C)C(O)c2ccccc2)cc1. The molecule has 4 nitrogen and oxygen atoms in total. The molecule has 21 heavy (non-hydrogen) atoms. The fraction of sp³-hybridized carbons (Fsp3) is 0.294. The van der Waals surface area contributed by atoms with Crippen LogP contribution < -0.4 is 10.6 Å². The fourth-order valence-corrected chi connectivity index (χ4v) is 2.20. The van der Waals surface area contributed by atoms with Crippen LogP contribution in [0.2, 0.25) is 0 Å². The van der Waals surface area contributed by atoms with Crippen LogP contribution in [0.3, 0.4) is 0 Å². The first-order valence-electron chi connectivity index (χ1n) is 6.99. The van der Waals surface area contributed by atoms with Gasteiger partial charge >= 0.3 is 0 Å². The quantitative estimate of drug-likeness (QED) is 0.633. The summed E-state index contributed by atoms with van der Waals surface area (Å²) >= 11 is 0. The van der Waals surface area contributed by atoms with Gasteiger partial charge in [0.25, 0.3) is 0 Å². The maximum absolute atomic E-state index is 10.4. The van der Waals surface area contributed by atoms with Crippen LogP contribution in [0.4, 0.5) is 0 Å². The zero-order valence-corrected chi connectivity index (χ0v) is 12.4. The topological polar surface area (TPSA) is 58.7 Å². The third kappa shape index (κ3) is 4.04. The van der Waals surface area contributed by atoms with Crippen LogP contribution >= 0.6 is 0 Å². The molecule has 2 rings (SSSR count). The first-order valence-corrected chi connectivity index (χ1v) is 6.99. The Balaban J connectivity index is 2.00. The second kappa shape index (κ2) is 7.22. The molecule has 0 saturated carbocycles. The Morgan fingerprint density at radius 1 is 1.10 bits per heavy atom. The van der Waals surface area contributed by atoms with E-state index in [0.717, 1.165) is 16.9 Å². The molecule has 0 aliphatic heterocycles. The van der Waals surface area contributed by atoms with Gasteiger partial charge in [0, 0.05) is 6.54 Å². The largest absolute Gasteiger partial charge is 0.497 e. The molecule has 0 spiro atoms. The predicted octanol–water partition coefficient (Wildman–Crippen LogP) is 2.49. The molecule has 0 aromatic heterocycles. The minimum Gasteiger partial charge on any atom is -0.497 e. The van der Waals surface area contributed by atoms with Crippen LogP contribution in [-0.2, 0) is 6.54 Å². The zero-order chi connectivity index (χ0) is 15.2. The highest BCUT2D eigenvalue weighted by Crippen LogP contribution is 2.20. The number of nitrogens with zero attached hydrogens (tertiary/aromatic N) is 1. The van der Waals surface area contributed by atoms with Gasteiger partial charge in [-0.05, 0) is 30.2 Å². The average Bonchev–Trinajstić information content (AvgIpc) is 2.55. The van der Waals surface area contributed by atoms with Gasteiger partial charge in [-0.3, -0.25) is 5.84 Å². The average molecular weight is 286 g/mol.